The minimum Gasteiger partial charge on any atom is -0.508 e. The second-order valence-corrected chi connectivity index (χ2v) is 5.37. The lowest BCUT2D eigenvalue weighted by atomic mass is 10.1. The number of aryl methyl sites for hydroxylation is 1. The molecule has 4 nitrogen and oxygen atoms in total. The van der Waals surface area contributed by atoms with Crippen LogP contribution in [0.15, 0.2) is 24.3 Å². The van der Waals surface area contributed by atoms with Gasteiger partial charge in [0, 0.05) is 12.6 Å². The molecule has 0 saturated carbocycles. The standard InChI is InChI=1S/C15H21NO3/c1-11(16-9-8-13(10-16)15(18)19)2-3-12-4-6-14(17)7-5-12/h4-7,11,13,17H,2-3,8-10H2,1H3,(H,18,19). The van der Waals surface area contributed by atoms with Gasteiger partial charge in [-0.2, -0.15) is 0 Å². The number of hydrogen-bond donors (Lipinski definition) is 2. The zero-order valence-corrected chi connectivity index (χ0v) is 11.2. The molecule has 0 bridgehead atoms. The molecule has 0 aromatic heterocycles. The van der Waals surface area contributed by atoms with Crippen LogP contribution in [0.1, 0.15) is 25.3 Å². The van der Waals surface area contributed by atoms with E-state index >= 15 is 0 Å². The SMILES string of the molecule is CC(CCc1ccc(O)cc1)N1CCC(C(=O)O)C1. The van der Waals surface area contributed by atoms with Crippen LogP contribution in [0.4, 0.5) is 0 Å². The van der Waals surface area contributed by atoms with E-state index in [0.29, 0.717) is 18.3 Å². The Morgan fingerprint density at radius 3 is 2.68 bits per heavy atom. The van der Waals surface area contributed by atoms with E-state index in [9.17, 15) is 9.90 Å². The first-order valence-electron chi connectivity index (χ1n) is 6.81. The fourth-order valence-corrected chi connectivity index (χ4v) is 2.61. The summed E-state index contributed by atoms with van der Waals surface area (Å²) < 4.78 is 0. The lowest BCUT2D eigenvalue weighted by Crippen LogP contribution is -2.32. The summed E-state index contributed by atoms with van der Waals surface area (Å²) in [5.74, 6) is -0.579. The van der Waals surface area contributed by atoms with Crippen molar-refractivity contribution in [1.82, 2.24) is 4.90 Å². The van der Waals surface area contributed by atoms with Crippen LogP contribution in [0.25, 0.3) is 0 Å². The molecular weight excluding hydrogens is 242 g/mol. The molecule has 1 heterocycles. The molecule has 104 valence electrons. The van der Waals surface area contributed by atoms with Crippen LogP contribution in [0.3, 0.4) is 0 Å². The summed E-state index contributed by atoms with van der Waals surface area (Å²) in [7, 11) is 0. The number of carbonyl (C=O) groups is 1. The van der Waals surface area contributed by atoms with E-state index in [0.717, 1.165) is 25.8 Å². The van der Waals surface area contributed by atoms with Gasteiger partial charge in [-0.15, -0.1) is 0 Å². The van der Waals surface area contributed by atoms with Gasteiger partial charge in [-0.1, -0.05) is 12.1 Å². The molecular formula is C15H21NO3. The zero-order chi connectivity index (χ0) is 13.8. The summed E-state index contributed by atoms with van der Waals surface area (Å²) in [4.78, 5) is 13.2. The third-order valence-electron chi connectivity index (χ3n) is 3.98. The van der Waals surface area contributed by atoms with Crippen LogP contribution in [0.5, 0.6) is 5.75 Å². The Bertz CT molecular complexity index is 430. The van der Waals surface area contributed by atoms with Crippen molar-refractivity contribution in [3.63, 3.8) is 0 Å². The topological polar surface area (TPSA) is 60.8 Å². The van der Waals surface area contributed by atoms with Gasteiger partial charge in [-0.25, -0.2) is 0 Å². The number of rotatable bonds is 5. The van der Waals surface area contributed by atoms with Gasteiger partial charge in [0.1, 0.15) is 5.75 Å². The number of benzene rings is 1. The van der Waals surface area contributed by atoms with Gasteiger partial charge in [-0.3, -0.25) is 9.69 Å². The third-order valence-corrected chi connectivity index (χ3v) is 3.98. The lowest BCUT2D eigenvalue weighted by Gasteiger charge is -2.24. The highest BCUT2D eigenvalue weighted by Crippen LogP contribution is 2.21. The van der Waals surface area contributed by atoms with Gasteiger partial charge >= 0.3 is 5.97 Å². The van der Waals surface area contributed by atoms with Gasteiger partial charge in [0.2, 0.25) is 0 Å². The molecule has 1 fully saturated rings. The zero-order valence-electron chi connectivity index (χ0n) is 11.2. The number of aliphatic carboxylic acids is 1. The molecule has 1 saturated heterocycles. The van der Waals surface area contributed by atoms with E-state index in [4.69, 9.17) is 5.11 Å². The second-order valence-electron chi connectivity index (χ2n) is 5.37. The Morgan fingerprint density at radius 2 is 2.11 bits per heavy atom. The average Bonchev–Trinajstić information content (AvgIpc) is 2.87. The Labute approximate surface area is 113 Å². The number of carboxylic acid groups (broad SMARTS) is 1. The molecule has 2 rings (SSSR count). The van der Waals surface area contributed by atoms with Crippen molar-refractivity contribution in [2.75, 3.05) is 13.1 Å². The molecule has 2 N–H and O–H groups in total. The van der Waals surface area contributed by atoms with Crippen LogP contribution in [-0.4, -0.2) is 40.2 Å². The second kappa shape index (κ2) is 6.06. The summed E-state index contributed by atoms with van der Waals surface area (Å²) in [5, 5.41) is 18.2. The number of nitrogens with zero attached hydrogens (tertiary/aromatic N) is 1. The van der Waals surface area contributed by atoms with Gasteiger partial charge in [-0.05, 0) is 50.4 Å². The summed E-state index contributed by atoms with van der Waals surface area (Å²) >= 11 is 0. The highest BCUT2D eigenvalue weighted by molar-refractivity contribution is 5.70. The van der Waals surface area contributed by atoms with Gasteiger partial charge in [0.25, 0.3) is 0 Å². The number of aromatic hydroxyl groups is 1. The number of likely N-dealkylation sites (tertiary alicyclic amines) is 1. The van der Waals surface area contributed by atoms with Crippen LogP contribution in [-0.2, 0) is 11.2 Å². The molecule has 4 heteroatoms. The van der Waals surface area contributed by atoms with Crippen molar-refractivity contribution in [3.8, 4) is 5.75 Å². The highest BCUT2D eigenvalue weighted by atomic mass is 16.4. The predicted molar refractivity (Wildman–Crippen MR) is 73.2 cm³/mol. The number of hydrogen-bond acceptors (Lipinski definition) is 3. The molecule has 1 aromatic carbocycles. The summed E-state index contributed by atoms with van der Waals surface area (Å²) in [6, 6.07) is 7.68. The largest absolute Gasteiger partial charge is 0.508 e. The molecule has 1 aromatic rings. The van der Waals surface area contributed by atoms with Gasteiger partial charge in [0.05, 0.1) is 5.92 Å². The van der Waals surface area contributed by atoms with Crippen molar-refractivity contribution >= 4 is 5.97 Å². The fourth-order valence-electron chi connectivity index (χ4n) is 2.61. The highest BCUT2D eigenvalue weighted by Gasteiger charge is 2.30. The molecule has 19 heavy (non-hydrogen) atoms. The summed E-state index contributed by atoms with van der Waals surface area (Å²) in [6.45, 7) is 3.71. The van der Waals surface area contributed by atoms with Crippen LogP contribution < -0.4 is 0 Å². The van der Waals surface area contributed by atoms with Crippen LogP contribution in [0.2, 0.25) is 0 Å². The van der Waals surface area contributed by atoms with Gasteiger partial charge in [0.15, 0.2) is 0 Å². The maximum atomic E-state index is 10.9. The quantitative estimate of drug-likeness (QED) is 0.854. The first kappa shape index (κ1) is 13.9. The van der Waals surface area contributed by atoms with Gasteiger partial charge < -0.3 is 10.2 Å². The third kappa shape index (κ3) is 3.70. The maximum absolute atomic E-state index is 10.9. The molecule has 1 aliphatic heterocycles. The molecule has 1 aliphatic rings. The number of phenolic OH excluding ortho intramolecular Hbond substituents is 1. The monoisotopic (exact) mass is 263 g/mol. The molecule has 0 radical (unpaired) electrons. The van der Waals surface area contributed by atoms with Crippen LogP contribution >= 0.6 is 0 Å². The molecule has 2 atom stereocenters. The first-order chi connectivity index (χ1) is 9.06. The molecule has 0 spiro atoms. The Kier molecular flexibility index (Phi) is 4.43. The number of phenols is 1. The molecule has 0 amide bonds. The first-order valence-corrected chi connectivity index (χ1v) is 6.81. The van der Waals surface area contributed by atoms with Crippen LogP contribution in [0, 0.1) is 5.92 Å². The van der Waals surface area contributed by atoms with E-state index in [1.165, 1.54) is 5.56 Å². The predicted octanol–water partition coefficient (Wildman–Crippen LogP) is 2.12. The van der Waals surface area contributed by atoms with Crippen molar-refractivity contribution in [1.29, 1.82) is 0 Å². The number of carboxylic acids is 1. The minimum absolute atomic E-state index is 0.198. The van der Waals surface area contributed by atoms with E-state index in [-0.39, 0.29) is 5.92 Å². The Hall–Kier alpha value is -1.55. The minimum atomic E-state index is -0.673. The van der Waals surface area contributed by atoms with E-state index in [2.05, 4.69) is 11.8 Å². The van der Waals surface area contributed by atoms with Crippen molar-refractivity contribution in [3.05, 3.63) is 29.8 Å². The van der Waals surface area contributed by atoms with E-state index in [1.807, 2.05) is 12.1 Å². The average molecular weight is 263 g/mol. The summed E-state index contributed by atoms with van der Waals surface area (Å²) in [5.41, 5.74) is 1.21. The smallest absolute Gasteiger partial charge is 0.307 e. The molecule has 0 aliphatic carbocycles. The van der Waals surface area contributed by atoms with Crippen molar-refractivity contribution < 1.29 is 15.0 Å². The lowest BCUT2D eigenvalue weighted by molar-refractivity contribution is -0.141. The Balaban J connectivity index is 1.80. The summed E-state index contributed by atoms with van der Waals surface area (Å²) in [6.07, 6.45) is 2.73. The van der Waals surface area contributed by atoms with Crippen molar-refractivity contribution in [2.24, 2.45) is 5.92 Å². The van der Waals surface area contributed by atoms with Crippen molar-refractivity contribution in [2.45, 2.75) is 32.2 Å². The normalized spacial score (nSPS) is 21.4. The fraction of sp³-hybridized carbons (Fsp3) is 0.533. The maximum Gasteiger partial charge on any atom is 0.307 e. The molecule has 2 unspecified atom stereocenters. The van der Waals surface area contributed by atoms with E-state index in [1.54, 1.807) is 12.1 Å². The van der Waals surface area contributed by atoms with E-state index < -0.39 is 5.97 Å². The Morgan fingerprint density at radius 1 is 1.42 bits per heavy atom.